The van der Waals surface area contributed by atoms with Crippen LogP contribution in [0.4, 0.5) is 5.69 Å². The van der Waals surface area contributed by atoms with Crippen LogP contribution in [0.1, 0.15) is 25.0 Å². The number of anilines is 1. The average molecular weight is 449 g/mol. The number of halogens is 1. The third-order valence-electron chi connectivity index (χ3n) is 4.36. The fraction of sp³-hybridized carbons (Fsp3) is 0.263. The van der Waals surface area contributed by atoms with E-state index in [1.165, 1.54) is 11.2 Å². The molecule has 1 fully saturated rings. The summed E-state index contributed by atoms with van der Waals surface area (Å²) in [5.74, 6) is -2.15. The van der Waals surface area contributed by atoms with Gasteiger partial charge in [-0.05, 0) is 36.4 Å². The number of benzene rings is 1. The van der Waals surface area contributed by atoms with Gasteiger partial charge in [0.15, 0.2) is 0 Å². The molecule has 28 heavy (non-hydrogen) atoms. The van der Waals surface area contributed by atoms with Gasteiger partial charge in [0, 0.05) is 10.9 Å². The van der Waals surface area contributed by atoms with Crippen molar-refractivity contribution in [2.24, 2.45) is 0 Å². The number of imide groups is 1. The van der Waals surface area contributed by atoms with Crippen molar-refractivity contribution in [3.8, 4) is 0 Å². The molecular weight excluding hydrogens is 432 g/mol. The SMILES string of the molecule is O=C(O)CCC(=O)N(Cc1ccco1)C1CC(=O)N(c2ccc(Br)cc2)C1=O. The highest BCUT2D eigenvalue weighted by Gasteiger charge is 2.44. The number of furan rings is 1. The van der Waals surface area contributed by atoms with Crippen LogP contribution in [0.25, 0.3) is 0 Å². The molecule has 9 heteroatoms. The van der Waals surface area contributed by atoms with Gasteiger partial charge >= 0.3 is 5.97 Å². The van der Waals surface area contributed by atoms with E-state index in [9.17, 15) is 19.2 Å². The van der Waals surface area contributed by atoms with Crippen LogP contribution >= 0.6 is 15.9 Å². The van der Waals surface area contributed by atoms with Crippen molar-refractivity contribution in [3.05, 3.63) is 52.9 Å². The highest BCUT2D eigenvalue weighted by atomic mass is 79.9. The number of carboxylic acids is 1. The summed E-state index contributed by atoms with van der Waals surface area (Å²) in [6.45, 7) is -0.0245. The average Bonchev–Trinajstić information content (AvgIpc) is 3.26. The lowest BCUT2D eigenvalue weighted by atomic mass is 10.1. The molecule has 1 saturated heterocycles. The van der Waals surface area contributed by atoms with Gasteiger partial charge in [0.05, 0.1) is 31.3 Å². The summed E-state index contributed by atoms with van der Waals surface area (Å²) in [7, 11) is 0. The van der Waals surface area contributed by atoms with Crippen LogP contribution in [-0.4, -0.2) is 39.7 Å². The summed E-state index contributed by atoms with van der Waals surface area (Å²) in [5.41, 5.74) is 0.414. The zero-order valence-electron chi connectivity index (χ0n) is 14.7. The molecular formula is C19H17BrN2O6. The Hall–Kier alpha value is -2.94. The monoisotopic (exact) mass is 448 g/mol. The first-order valence-corrected chi connectivity index (χ1v) is 9.32. The molecule has 1 unspecified atom stereocenters. The predicted molar refractivity (Wildman–Crippen MR) is 101 cm³/mol. The summed E-state index contributed by atoms with van der Waals surface area (Å²) < 4.78 is 6.06. The fourth-order valence-electron chi connectivity index (χ4n) is 3.02. The molecule has 1 atom stereocenters. The van der Waals surface area contributed by atoms with Crippen LogP contribution in [0.3, 0.4) is 0 Å². The molecule has 8 nitrogen and oxygen atoms in total. The smallest absolute Gasteiger partial charge is 0.303 e. The molecule has 3 amide bonds. The van der Waals surface area contributed by atoms with Gasteiger partial charge in [0.2, 0.25) is 11.8 Å². The number of carbonyl (C=O) groups excluding carboxylic acids is 3. The summed E-state index contributed by atoms with van der Waals surface area (Å²) in [6, 6.07) is 8.96. The quantitative estimate of drug-likeness (QED) is 0.651. The van der Waals surface area contributed by atoms with E-state index < -0.39 is 29.7 Å². The lowest BCUT2D eigenvalue weighted by Gasteiger charge is -2.26. The lowest BCUT2D eigenvalue weighted by molar-refractivity contribution is -0.143. The van der Waals surface area contributed by atoms with Crippen LogP contribution in [0, 0.1) is 0 Å². The maximum Gasteiger partial charge on any atom is 0.303 e. The van der Waals surface area contributed by atoms with E-state index >= 15 is 0 Å². The molecule has 0 saturated carbocycles. The van der Waals surface area contributed by atoms with Gasteiger partial charge in [-0.2, -0.15) is 0 Å². The number of carboxylic acid groups (broad SMARTS) is 1. The Morgan fingerprint density at radius 1 is 1.18 bits per heavy atom. The largest absolute Gasteiger partial charge is 0.481 e. The minimum Gasteiger partial charge on any atom is -0.481 e. The van der Waals surface area contributed by atoms with E-state index in [1.807, 2.05) is 0 Å². The molecule has 2 heterocycles. The van der Waals surface area contributed by atoms with E-state index in [2.05, 4.69) is 15.9 Å². The summed E-state index contributed by atoms with van der Waals surface area (Å²) in [4.78, 5) is 51.2. The number of rotatable bonds is 7. The lowest BCUT2D eigenvalue weighted by Crippen LogP contribution is -2.45. The second-order valence-corrected chi connectivity index (χ2v) is 7.17. The molecule has 1 N–H and O–H groups in total. The third-order valence-corrected chi connectivity index (χ3v) is 4.89. The minimum atomic E-state index is -1.11. The topological polar surface area (TPSA) is 108 Å². The zero-order valence-corrected chi connectivity index (χ0v) is 16.3. The summed E-state index contributed by atoms with van der Waals surface area (Å²) in [6.07, 6.45) is 0.629. The normalized spacial score (nSPS) is 16.5. The standard InChI is InChI=1S/C19H17BrN2O6/c20-12-3-5-13(6-4-12)22-17(24)10-15(19(22)27)21(11-14-2-1-9-28-14)16(23)7-8-18(25)26/h1-6,9,15H,7-8,10-11H2,(H,25,26). The first-order valence-electron chi connectivity index (χ1n) is 8.53. The predicted octanol–water partition coefficient (Wildman–Crippen LogP) is 2.57. The van der Waals surface area contributed by atoms with Gasteiger partial charge in [-0.15, -0.1) is 0 Å². The Kier molecular flexibility index (Phi) is 5.93. The van der Waals surface area contributed by atoms with E-state index in [1.54, 1.807) is 36.4 Å². The van der Waals surface area contributed by atoms with E-state index in [4.69, 9.17) is 9.52 Å². The molecule has 0 bridgehead atoms. The second-order valence-electron chi connectivity index (χ2n) is 6.26. The Labute approximate surface area is 168 Å². The molecule has 1 aromatic heterocycles. The molecule has 0 aliphatic carbocycles. The maximum absolute atomic E-state index is 13.0. The molecule has 1 aliphatic heterocycles. The fourth-order valence-corrected chi connectivity index (χ4v) is 3.29. The van der Waals surface area contributed by atoms with Gasteiger partial charge in [0.1, 0.15) is 11.8 Å². The molecule has 146 valence electrons. The van der Waals surface area contributed by atoms with Gasteiger partial charge in [-0.3, -0.25) is 19.2 Å². The molecule has 0 radical (unpaired) electrons. The van der Waals surface area contributed by atoms with Crippen molar-refractivity contribution in [2.75, 3.05) is 4.90 Å². The molecule has 1 aliphatic rings. The Balaban J connectivity index is 1.85. The van der Waals surface area contributed by atoms with Crippen LogP contribution in [0.2, 0.25) is 0 Å². The van der Waals surface area contributed by atoms with Crippen molar-refractivity contribution in [1.29, 1.82) is 0 Å². The summed E-state index contributed by atoms with van der Waals surface area (Å²) in [5, 5.41) is 8.85. The van der Waals surface area contributed by atoms with Crippen molar-refractivity contribution in [1.82, 2.24) is 4.90 Å². The van der Waals surface area contributed by atoms with Crippen LogP contribution in [0.15, 0.2) is 51.6 Å². The number of amides is 3. The highest BCUT2D eigenvalue weighted by molar-refractivity contribution is 9.10. The van der Waals surface area contributed by atoms with Gasteiger partial charge < -0.3 is 14.4 Å². The number of hydrogen-bond donors (Lipinski definition) is 1. The van der Waals surface area contributed by atoms with E-state index in [0.717, 1.165) is 9.37 Å². The number of hydrogen-bond acceptors (Lipinski definition) is 5. The molecule has 0 spiro atoms. The maximum atomic E-state index is 13.0. The second kappa shape index (κ2) is 8.39. The number of carbonyl (C=O) groups is 4. The van der Waals surface area contributed by atoms with Gasteiger partial charge in [0.25, 0.3) is 5.91 Å². The minimum absolute atomic E-state index is 0.0245. The number of nitrogens with zero attached hydrogens (tertiary/aromatic N) is 2. The van der Waals surface area contributed by atoms with E-state index in [0.29, 0.717) is 11.4 Å². The van der Waals surface area contributed by atoms with Crippen molar-refractivity contribution in [2.45, 2.75) is 31.8 Å². The first-order chi connectivity index (χ1) is 13.4. The molecule has 2 aromatic rings. The van der Waals surface area contributed by atoms with Crippen LogP contribution < -0.4 is 4.90 Å². The highest BCUT2D eigenvalue weighted by Crippen LogP contribution is 2.28. The Morgan fingerprint density at radius 3 is 2.50 bits per heavy atom. The molecule has 1 aromatic carbocycles. The van der Waals surface area contributed by atoms with Crippen molar-refractivity contribution < 1.29 is 28.7 Å². The van der Waals surface area contributed by atoms with E-state index in [-0.39, 0.29) is 25.8 Å². The Bertz CT molecular complexity index is 894. The van der Waals surface area contributed by atoms with Crippen LogP contribution in [-0.2, 0) is 25.7 Å². The zero-order chi connectivity index (χ0) is 20.3. The summed E-state index contributed by atoms with van der Waals surface area (Å²) >= 11 is 3.30. The van der Waals surface area contributed by atoms with Crippen LogP contribution in [0.5, 0.6) is 0 Å². The van der Waals surface area contributed by atoms with Gasteiger partial charge in [-0.25, -0.2) is 4.90 Å². The molecule has 3 rings (SSSR count). The van der Waals surface area contributed by atoms with Crippen molar-refractivity contribution in [3.63, 3.8) is 0 Å². The third kappa shape index (κ3) is 4.30. The number of aliphatic carboxylic acids is 1. The Morgan fingerprint density at radius 2 is 1.89 bits per heavy atom. The van der Waals surface area contributed by atoms with Gasteiger partial charge in [-0.1, -0.05) is 15.9 Å². The van der Waals surface area contributed by atoms with Crippen molar-refractivity contribution >= 4 is 45.3 Å². The first kappa shape index (κ1) is 19.8.